The highest BCUT2D eigenvalue weighted by Gasteiger charge is 2.20. The van der Waals surface area contributed by atoms with E-state index in [0.717, 1.165) is 32.1 Å². The van der Waals surface area contributed by atoms with E-state index in [0.29, 0.717) is 24.1 Å². The van der Waals surface area contributed by atoms with Gasteiger partial charge in [-0.2, -0.15) is 0 Å². The molecule has 0 bridgehead atoms. The molecule has 0 saturated carbocycles. The van der Waals surface area contributed by atoms with Crippen molar-refractivity contribution in [2.24, 2.45) is 5.92 Å². The van der Waals surface area contributed by atoms with E-state index in [9.17, 15) is 8.78 Å². The summed E-state index contributed by atoms with van der Waals surface area (Å²) in [6.45, 7) is 7.58. The van der Waals surface area contributed by atoms with Crippen LogP contribution < -0.4 is 5.32 Å². The summed E-state index contributed by atoms with van der Waals surface area (Å²) in [6.07, 6.45) is 1.11. The zero-order valence-electron chi connectivity index (χ0n) is 11.6. The SMILES string of the molecule is CC(C)CC1CN(Cc2cc(F)ccc2F)CCN1. The quantitative estimate of drug-likeness (QED) is 0.903. The van der Waals surface area contributed by atoms with Gasteiger partial charge in [0.1, 0.15) is 11.6 Å². The summed E-state index contributed by atoms with van der Waals surface area (Å²) >= 11 is 0. The molecule has 1 aliphatic rings. The number of nitrogens with zero attached hydrogens (tertiary/aromatic N) is 1. The van der Waals surface area contributed by atoms with Gasteiger partial charge in [0.2, 0.25) is 0 Å². The summed E-state index contributed by atoms with van der Waals surface area (Å²) in [5, 5.41) is 3.48. The van der Waals surface area contributed by atoms with Crippen LogP contribution >= 0.6 is 0 Å². The number of halogens is 2. The van der Waals surface area contributed by atoms with E-state index < -0.39 is 0 Å². The maximum absolute atomic E-state index is 13.6. The van der Waals surface area contributed by atoms with Crippen LogP contribution in [0.5, 0.6) is 0 Å². The van der Waals surface area contributed by atoms with Crippen LogP contribution in [-0.2, 0) is 6.54 Å². The minimum atomic E-state index is -0.370. The predicted molar refractivity (Wildman–Crippen MR) is 72.9 cm³/mol. The number of nitrogens with one attached hydrogen (secondary N) is 1. The first-order valence-electron chi connectivity index (χ1n) is 6.94. The Balaban J connectivity index is 1.96. The Morgan fingerprint density at radius 2 is 2.16 bits per heavy atom. The van der Waals surface area contributed by atoms with Crippen LogP contribution in [0.2, 0.25) is 0 Å². The highest BCUT2D eigenvalue weighted by atomic mass is 19.1. The lowest BCUT2D eigenvalue weighted by Gasteiger charge is -2.34. The van der Waals surface area contributed by atoms with E-state index in [2.05, 4.69) is 24.1 Å². The van der Waals surface area contributed by atoms with E-state index in [-0.39, 0.29) is 11.6 Å². The van der Waals surface area contributed by atoms with E-state index in [1.807, 2.05) is 0 Å². The molecular formula is C15H22F2N2. The van der Waals surface area contributed by atoms with E-state index in [1.165, 1.54) is 12.1 Å². The highest BCUT2D eigenvalue weighted by molar-refractivity contribution is 5.18. The smallest absolute Gasteiger partial charge is 0.127 e. The third-order valence-electron chi connectivity index (χ3n) is 3.50. The van der Waals surface area contributed by atoms with Gasteiger partial charge in [0.15, 0.2) is 0 Å². The zero-order valence-corrected chi connectivity index (χ0v) is 11.6. The molecule has 4 heteroatoms. The number of hydrogen-bond acceptors (Lipinski definition) is 2. The van der Waals surface area contributed by atoms with Gasteiger partial charge in [0.25, 0.3) is 0 Å². The van der Waals surface area contributed by atoms with Gasteiger partial charge >= 0.3 is 0 Å². The van der Waals surface area contributed by atoms with Crippen molar-refractivity contribution in [2.75, 3.05) is 19.6 Å². The van der Waals surface area contributed by atoms with Crippen molar-refractivity contribution in [1.82, 2.24) is 10.2 Å². The molecule has 1 heterocycles. The monoisotopic (exact) mass is 268 g/mol. The maximum atomic E-state index is 13.6. The molecule has 0 radical (unpaired) electrons. The second kappa shape index (κ2) is 6.44. The average Bonchev–Trinajstić information content (AvgIpc) is 2.33. The van der Waals surface area contributed by atoms with E-state index in [1.54, 1.807) is 0 Å². The third kappa shape index (κ3) is 4.25. The molecule has 0 aliphatic carbocycles. The molecule has 1 fully saturated rings. The molecule has 1 N–H and O–H groups in total. The fraction of sp³-hybridized carbons (Fsp3) is 0.600. The molecule has 2 nitrogen and oxygen atoms in total. The minimum absolute atomic E-state index is 0.319. The van der Waals surface area contributed by atoms with Crippen LogP contribution in [0, 0.1) is 17.6 Å². The number of rotatable bonds is 4. The van der Waals surface area contributed by atoms with Gasteiger partial charge in [-0.1, -0.05) is 13.8 Å². The standard InChI is InChI=1S/C15H22F2N2/c1-11(2)7-14-10-19(6-5-18-14)9-12-8-13(16)3-4-15(12)17/h3-4,8,11,14,18H,5-7,9-10H2,1-2H3. The van der Waals surface area contributed by atoms with Crippen LogP contribution in [0.25, 0.3) is 0 Å². The lowest BCUT2D eigenvalue weighted by molar-refractivity contribution is 0.178. The van der Waals surface area contributed by atoms with Crippen LogP contribution in [0.3, 0.4) is 0 Å². The molecule has 1 saturated heterocycles. The van der Waals surface area contributed by atoms with Crippen molar-refractivity contribution < 1.29 is 8.78 Å². The van der Waals surface area contributed by atoms with Crippen molar-refractivity contribution in [3.8, 4) is 0 Å². The Labute approximate surface area is 113 Å². The molecule has 1 unspecified atom stereocenters. The number of benzene rings is 1. The van der Waals surface area contributed by atoms with Crippen LogP contribution in [0.4, 0.5) is 8.78 Å². The lowest BCUT2D eigenvalue weighted by atomic mass is 10.0. The van der Waals surface area contributed by atoms with Gasteiger partial charge in [-0.25, -0.2) is 8.78 Å². The largest absolute Gasteiger partial charge is 0.311 e. The number of piperazine rings is 1. The molecule has 1 aromatic rings. The summed E-state index contributed by atoms with van der Waals surface area (Å²) < 4.78 is 26.8. The Bertz CT molecular complexity index is 421. The molecule has 0 amide bonds. The van der Waals surface area contributed by atoms with Crippen molar-refractivity contribution in [2.45, 2.75) is 32.9 Å². The maximum Gasteiger partial charge on any atom is 0.127 e. The summed E-state index contributed by atoms with van der Waals surface area (Å²) in [7, 11) is 0. The average molecular weight is 268 g/mol. The molecule has 0 aromatic heterocycles. The van der Waals surface area contributed by atoms with Gasteiger partial charge in [0, 0.05) is 37.8 Å². The normalized spacial score (nSPS) is 21.0. The molecular weight excluding hydrogens is 246 g/mol. The van der Waals surface area contributed by atoms with Crippen LogP contribution in [-0.4, -0.2) is 30.6 Å². The first-order chi connectivity index (χ1) is 9.04. The Morgan fingerprint density at radius 3 is 2.89 bits per heavy atom. The van der Waals surface area contributed by atoms with E-state index >= 15 is 0 Å². The Kier molecular flexibility index (Phi) is 4.88. The van der Waals surface area contributed by atoms with Gasteiger partial charge in [0.05, 0.1) is 0 Å². The van der Waals surface area contributed by atoms with Gasteiger partial charge in [-0.15, -0.1) is 0 Å². The topological polar surface area (TPSA) is 15.3 Å². The van der Waals surface area contributed by atoms with Gasteiger partial charge in [-0.3, -0.25) is 4.90 Å². The molecule has 1 aromatic carbocycles. The predicted octanol–water partition coefficient (Wildman–Crippen LogP) is 2.78. The molecule has 19 heavy (non-hydrogen) atoms. The molecule has 1 aliphatic heterocycles. The van der Waals surface area contributed by atoms with Gasteiger partial charge in [-0.05, 0) is 30.5 Å². The lowest BCUT2D eigenvalue weighted by Crippen LogP contribution is -2.50. The summed E-state index contributed by atoms with van der Waals surface area (Å²) in [4.78, 5) is 2.20. The van der Waals surface area contributed by atoms with Gasteiger partial charge < -0.3 is 5.32 Å². The molecule has 0 spiro atoms. The van der Waals surface area contributed by atoms with Crippen LogP contribution in [0.1, 0.15) is 25.8 Å². The second-order valence-corrected chi connectivity index (χ2v) is 5.75. The summed E-state index contributed by atoms with van der Waals surface area (Å²) in [5.41, 5.74) is 0.449. The Hall–Kier alpha value is -1.00. The van der Waals surface area contributed by atoms with Crippen molar-refractivity contribution in [1.29, 1.82) is 0 Å². The highest BCUT2D eigenvalue weighted by Crippen LogP contribution is 2.15. The molecule has 2 rings (SSSR count). The summed E-state index contributed by atoms with van der Waals surface area (Å²) in [5.74, 6) is -0.0473. The fourth-order valence-electron chi connectivity index (χ4n) is 2.67. The minimum Gasteiger partial charge on any atom is -0.311 e. The Morgan fingerprint density at radius 1 is 1.37 bits per heavy atom. The fourth-order valence-corrected chi connectivity index (χ4v) is 2.67. The van der Waals surface area contributed by atoms with Crippen LogP contribution in [0.15, 0.2) is 18.2 Å². The van der Waals surface area contributed by atoms with E-state index in [4.69, 9.17) is 0 Å². The van der Waals surface area contributed by atoms with Crippen molar-refractivity contribution >= 4 is 0 Å². The second-order valence-electron chi connectivity index (χ2n) is 5.75. The first kappa shape index (κ1) is 14.4. The van der Waals surface area contributed by atoms with Crippen molar-refractivity contribution in [3.05, 3.63) is 35.4 Å². The zero-order chi connectivity index (χ0) is 13.8. The third-order valence-corrected chi connectivity index (χ3v) is 3.50. The molecule has 1 atom stereocenters. The molecule has 106 valence electrons. The number of hydrogen-bond donors (Lipinski definition) is 1. The summed E-state index contributed by atoms with van der Waals surface area (Å²) in [6, 6.07) is 4.12. The van der Waals surface area contributed by atoms with Crippen molar-refractivity contribution in [3.63, 3.8) is 0 Å². The first-order valence-corrected chi connectivity index (χ1v) is 6.94.